The summed E-state index contributed by atoms with van der Waals surface area (Å²) in [5.74, 6) is -2.43. The van der Waals surface area contributed by atoms with Crippen molar-refractivity contribution in [1.82, 2.24) is 10.5 Å². The Labute approximate surface area is 253 Å². The zero-order valence-corrected chi connectivity index (χ0v) is 24.5. The van der Waals surface area contributed by atoms with Crippen molar-refractivity contribution in [3.05, 3.63) is 76.9 Å². The average Bonchev–Trinajstić information content (AvgIpc) is 3.58. The van der Waals surface area contributed by atoms with E-state index in [1.807, 2.05) is 37.3 Å². The van der Waals surface area contributed by atoms with Crippen LogP contribution in [0.1, 0.15) is 54.7 Å². The molecule has 12 nitrogen and oxygen atoms in total. The monoisotopic (exact) mass is 616 g/mol. The Balaban J connectivity index is 0.000000345. The molecule has 2 aromatic carbocycles. The Kier molecular flexibility index (Phi) is 12.2. The Bertz CT molecular complexity index is 1410. The topological polar surface area (TPSA) is 189 Å². The van der Waals surface area contributed by atoms with Crippen LogP contribution in [0.2, 0.25) is 0 Å². The molecular weight excluding hydrogens is 579 g/mol. The van der Waals surface area contributed by atoms with Crippen LogP contribution in [0.25, 0.3) is 0 Å². The van der Waals surface area contributed by atoms with Gasteiger partial charge in [-0.2, -0.15) is 0 Å². The minimum Gasteiger partial charge on any atom is -0.493 e. The highest BCUT2D eigenvalue weighted by atomic mass is 19.1. The Hall–Kier alpha value is -4.49. The minimum absolute atomic E-state index is 0.266. The lowest BCUT2D eigenvalue weighted by Crippen LogP contribution is -2.42. The second-order valence-electron chi connectivity index (χ2n) is 10.7. The molecule has 5 N–H and O–H groups in total. The number of nitrogens with zero attached hydrogens (tertiary/aromatic N) is 1. The number of carboxylic acids is 3. The fourth-order valence-electron chi connectivity index (χ4n) is 5.08. The Morgan fingerprint density at radius 3 is 2.36 bits per heavy atom. The number of nitrogens with one attached hydrogen (secondary N) is 1. The highest BCUT2D eigenvalue weighted by molar-refractivity contribution is 5.88. The summed E-state index contributed by atoms with van der Waals surface area (Å²) < 4.78 is 30.5. The van der Waals surface area contributed by atoms with Gasteiger partial charge in [-0.05, 0) is 49.4 Å². The molecule has 4 rings (SSSR count). The molecule has 1 saturated carbocycles. The molecule has 1 heterocycles. The van der Waals surface area contributed by atoms with Gasteiger partial charge in [0, 0.05) is 30.6 Å². The number of halogens is 1. The van der Waals surface area contributed by atoms with Crippen molar-refractivity contribution < 1.29 is 53.2 Å². The van der Waals surface area contributed by atoms with Crippen molar-refractivity contribution in [3.8, 4) is 11.5 Å². The summed E-state index contributed by atoms with van der Waals surface area (Å²) in [5.41, 5.74) is -0.00795. The average molecular weight is 617 g/mol. The normalized spacial score (nSPS) is 16.1. The third-order valence-corrected chi connectivity index (χ3v) is 7.19. The third-order valence-electron chi connectivity index (χ3n) is 7.19. The number of aryl methyl sites for hydroxylation is 1. The number of aromatic nitrogens is 1. The fraction of sp³-hybridized carbons (Fsp3) is 0.419. The lowest BCUT2D eigenvalue weighted by Gasteiger charge is -2.22. The van der Waals surface area contributed by atoms with Crippen LogP contribution in [0.3, 0.4) is 0 Å². The van der Waals surface area contributed by atoms with E-state index < -0.39 is 36.4 Å². The molecule has 3 aromatic rings. The first-order valence-corrected chi connectivity index (χ1v) is 14.0. The molecule has 0 amide bonds. The number of carboxylic acid groups (broad SMARTS) is 3. The van der Waals surface area contributed by atoms with Crippen LogP contribution in [0.15, 0.2) is 53.1 Å². The molecule has 1 fully saturated rings. The lowest BCUT2D eigenvalue weighted by molar-refractivity contribution is -0.170. The van der Waals surface area contributed by atoms with Crippen LogP contribution >= 0.6 is 0 Å². The van der Waals surface area contributed by atoms with Crippen molar-refractivity contribution in [3.63, 3.8) is 0 Å². The van der Waals surface area contributed by atoms with Gasteiger partial charge in [0.1, 0.15) is 18.2 Å². The van der Waals surface area contributed by atoms with Gasteiger partial charge >= 0.3 is 17.9 Å². The summed E-state index contributed by atoms with van der Waals surface area (Å²) in [6.07, 6.45) is 2.14. The van der Waals surface area contributed by atoms with E-state index in [2.05, 4.69) is 10.5 Å². The molecule has 0 saturated heterocycles. The minimum atomic E-state index is -2.74. The van der Waals surface area contributed by atoms with Crippen LogP contribution < -0.4 is 14.8 Å². The number of ether oxygens (including phenoxy) is 2. The number of hydrogen-bond acceptors (Lipinski definition) is 9. The molecular formula is C31H37FN2O10. The molecule has 0 unspecified atom stereocenters. The van der Waals surface area contributed by atoms with Crippen LogP contribution in [0, 0.1) is 18.7 Å². The number of hydrogen-bond donors (Lipinski definition) is 5. The van der Waals surface area contributed by atoms with Gasteiger partial charge in [0.2, 0.25) is 0 Å². The molecule has 44 heavy (non-hydrogen) atoms. The Morgan fingerprint density at radius 2 is 1.77 bits per heavy atom. The molecule has 2 atom stereocenters. The SMILES string of the molecule is COc1cccc(CN[C@H]2CCC[C@@H]2Cc2cc(C)no2)c1OCc1cccc(F)c1.O=C(O)CC(O)(CC(=O)O)C(=O)O. The van der Waals surface area contributed by atoms with Gasteiger partial charge in [-0.3, -0.25) is 9.59 Å². The summed E-state index contributed by atoms with van der Waals surface area (Å²) in [5, 5.41) is 41.5. The van der Waals surface area contributed by atoms with Crippen molar-refractivity contribution >= 4 is 17.9 Å². The smallest absolute Gasteiger partial charge is 0.336 e. The maximum absolute atomic E-state index is 13.5. The number of para-hydroxylation sites is 1. The van der Waals surface area contributed by atoms with Gasteiger partial charge in [-0.1, -0.05) is 35.8 Å². The number of aliphatic carboxylic acids is 3. The van der Waals surface area contributed by atoms with Crippen LogP contribution in [-0.4, -0.2) is 62.2 Å². The van der Waals surface area contributed by atoms with E-state index in [1.54, 1.807) is 13.2 Å². The Morgan fingerprint density at radius 1 is 1.07 bits per heavy atom. The van der Waals surface area contributed by atoms with Crippen molar-refractivity contribution in [2.45, 2.75) is 70.2 Å². The molecule has 1 aromatic heterocycles. The third kappa shape index (κ3) is 10.1. The summed E-state index contributed by atoms with van der Waals surface area (Å²) >= 11 is 0. The zero-order valence-electron chi connectivity index (χ0n) is 24.5. The van der Waals surface area contributed by atoms with Gasteiger partial charge in [-0.25, -0.2) is 9.18 Å². The van der Waals surface area contributed by atoms with Crippen LogP contribution in [0.4, 0.5) is 4.39 Å². The van der Waals surface area contributed by atoms with Crippen LogP contribution in [-0.2, 0) is 34.0 Å². The number of methoxy groups -OCH3 is 1. The van der Waals surface area contributed by atoms with Crippen molar-refractivity contribution in [2.24, 2.45) is 5.92 Å². The van der Waals surface area contributed by atoms with E-state index in [-0.39, 0.29) is 12.4 Å². The second kappa shape index (κ2) is 15.8. The highest BCUT2D eigenvalue weighted by Gasteiger charge is 2.40. The molecule has 0 spiro atoms. The van der Waals surface area contributed by atoms with E-state index in [0.717, 1.165) is 35.4 Å². The summed E-state index contributed by atoms with van der Waals surface area (Å²) in [7, 11) is 1.63. The molecule has 0 aliphatic heterocycles. The molecule has 238 valence electrons. The molecule has 1 aliphatic rings. The first-order valence-electron chi connectivity index (χ1n) is 14.0. The predicted molar refractivity (Wildman–Crippen MR) is 154 cm³/mol. The number of benzene rings is 2. The van der Waals surface area contributed by atoms with Crippen molar-refractivity contribution in [1.29, 1.82) is 0 Å². The van der Waals surface area contributed by atoms with E-state index in [1.165, 1.54) is 25.0 Å². The fourth-order valence-corrected chi connectivity index (χ4v) is 5.08. The van der Waals surface area contributed by atoms with Gasteiger partial charge < -0.3 is 39.7 Å². The van der Waals surface area contributed by atoms with Gasteiger partial charge in [-0.15, -0.1) is 0 Å². The largest absolute Gasteiger partial charge is 0.493 e. The number of carbonyl (C=O) groups is 3. The van der Waals surface area contributed by atoms with Gasteiger partial charge in [0.05, 0.1) is 25.6 Å². The maximum Gasteiger partial charge on any atom is 0.336 e. The summed E-state index contributed by atoms with van der Waals surface area (Å²) in [6, 6.07) is 14.8. The molecule has 0 radical (unpaired) electrons. The first-order chi connectivity index (χ1) is 20.9. The quantitative estimate of drug-likeness (QED) is 0.176. The number of rotatable bonds is 14. The summed E-state index contributed by atoms with van der Waals surface area (Å²) in [6.45, 7) is 2.90. The van der Waals surface area contributed by atoms with Crippen molar-refractivity contribution in [2.75, 3.05) is 7.11 Å². The highest BCUT2D eigenvalue weighted by Crippen LogP contribution is 2.34. The van der Waals surface area contributed by atoms with E-state index in [9.17, 15) is 18.8 Å². The van der Waals surface area contributed by atoms with E-state index in [0.29, 0.717) is 30.0 Å². The van der Waals surface area contributed by atoms with E-state index >= 15 is 0 Å². The summed E-state index contributed by atoms with van der Waals surface area (Å²) in [4.78, 5) is 30.5. The predicted octanol–water partition coefficient (Wildman–Crippen LogP) is 3.96. The number of aliphatic hydroxyl groups is 1. The molecule has 1 aliphatic carbocycles. The zero-order chi connectivity index (χ0) is 32.3. The molecule has 13 heteroatoms. The van der Waals surface area contributed by atoms with Gasteiger partial charge in [0.15, 0.2) is 17.1 Å². The maximum atomic E-state index is 13.5. The standard InChI is InChI=1S/C25H29FN2O3.C6H8O7/c1-17-12-22(31-28-17)14-19-7-4-10-23(19)27-15-20-8-5-11-24(29-2)25(20)30-16-18-6-3-9-21(26)13-18;7-3(8)1-6(13,5(11)12)2-4(9)10/h3,5-6,8-9,11-13,19,23,27H,4,7,10,14-16H2,1-2H3;13H,1-2H2,(H,7,8)(H,9,10)(H,11,12)/t19-,23+;/m1./s1. The van der Waals surface area contributed by atoms with Crippen LogP contribution in [0.5, 0.6) is 11.5 Å². The first kappa shape index (κ1) is 34.0. The lowest BCUT2D eigenvalue weighted by atomic mass is 9.96. The van der Waals surface area contributed by atoms with E-state index in [4.69, 9.17) is 34.4 Å². The second-order valence-corrected chi connectivity index (χ2v) is 10.7. The molecule has 0 bridgehead atoms. The van der Waals surface area contributed by atoms with Gasteiger partial charge in [0.25, 0.3) is 0 Å².